The van der Waals surface area contributed by atoms with Gasteiger partial charge in [-0.25, -0.2) is 0 Å². The highest BCUT2D eigenvalue weighted by molar-refractivity contribution is 6.30. The fraction of sp³-hybridized carbons (Fsp3) is 0.500. The monoisotopic (exact) mass is 297 g/mol. The number of hydrogen-bond acceptors (Lipinski definition) is 4. The second kappa shape index (κ2) is 7.47. The molecule has 20 heavy (non-hydrogen) atoms. The van der Waals surface area contributed by atoms with Crippen LogP contribution in [-0.4, -0.2) is 61.6 Å². The second-order valence-electron chi connectivity index (χ2n) is 4.73. The quantitative estimate of drug-likeness (QED) is 0.874. The highest BCUT2D eigenvalue weighted by atomic mass is 35.5. The lowest BCUT2D eigenvalue weighted by atomic mass is 10.3. The predicted octanol–water partition coefficient (Wildman–Crippen LogP) is 0.822. The molecule has 0 spiro atoms. The molecule has 1 aromatic rings. The third kappa shape index (κ3) is 4.37. The highest BCUT2D eigenvalue weighted by Gasteiger charge is 2.19. The molecule has 5 nitrogen and oxygen atoms in total. The van der Waals surface area contributed by atoms with Gasteiger partial charge in [0, 0.05) is 37.7 Å². The summed E-state index contributed by atoms with van der Waals surface area (Å²) < 4.78 is 5.66. The Bertz CT molecular complexity index is 431. The number of carbonyl (C=O) groups is 1. The van der Waals surface area contributed by atoms with Crippen LogP contribution in [0.4, 0.5) is 0 Å². The molecule has 6 heteroatoms. The van der Waals surface area contributed by atoms with Crippen molar-refractivity contribution in [1.82, 2.24) is 9.80 Å². The zero-order valence-electron chi connectivity index (χ0n) is 11.4. The molecular weight excluding hydrogens is 278 g/mol. The first-order chi connectivity index (χ1) is 9.69. The fourth-order valence-electron chi connectivity index (χ4n) is 2.17. The van der Waals surface area contributed by atoms with Gasteiger partial charge in [0.2, 0.25) is 5.91 Å². The molecule has 2 N–H and O–H groups in total. The minimum absolute atomic E-state index is 0.0297. The Morgan fingerprint density at radius 3 is 2.45 bits per heavy atom. The van der Waals surface area contributed by atoms with Crippen LogP contribution in [0.1, 0.15) is 0 Å². The van der Waals surface area contributed by atoms with Gasteiger partial charge >= 0.3 is 0 Å². The number of hydrogen-bond donors (Lipinski definition) is 1. The van der Waals surface area contributed by atoms with E-state index in [9.17, 15) is 4.79 Å². The summed E-state index contributed by atoms with van der Waals surface area (Å²) in [5.74, 6) is 0.855. The minimum Gasteiger partial charge on any atom is -0.492 e. The Kier molecular flexibility index (Phi) is 5.64. The zero-order valence-corrected chi connectivity index (χ0v) is 12.2. The molecule has 0 aliphatic carbocycles. The lowest BCUT2D eigenvalue weighted by molar-refractivity contribution is -0.131. The zero-order chi connectivity index (χ0) is 14.4. The first kappa shape index (κ1) is 15.1. The number of halogens is 1. The van der Waals surface area contributed by atoms with Crippen LogP contribution in [0.15, 0.2) is 24.3 Å². The number of piperazine rings is 1. The van der Waals surface area contributed by atoms with Crippen LogP contribution in [0.3, 0.4) is 0 Å². The van der Waals surface area contributed by atoms with Gasteiger partial charge in [-0.15, -0.1) is 0 Å². The number of ether oxygens (including phenoxy) is 1. The van der Waals surface area contributed by atoms with Crippen LogP contribution < -0.4 is 10.5 Å². The van der Waals surface area contributed by atoms with E-state index in [1.54, 1.807) is 0 Å². The molecule has 1 fully saturated rings. The van der Waals surface area contributed by atoms with Crippen molar-refractivity contribution in [3.8, 4) is 5.75 Å². The van der Waals surface area contributed by atoms with Crippen LogP contribution >= 0.6 is 11.6 Å². The van der Waals surface area contributed by atoms with Crippen molar-refractivity contribution in [2.75, 3.05) is 45.9 Å². The topological polar surface area (TPSA) is 58.8 Å². The van der Waals surface area contributed by atoms with Crippen molar-refractivity contribution >= 4 is 17.5 Å². The van der Waals surface area contributed by atoms with Crippen molar-refractivity contribution in [3.63, 3.8) is 0 Å². The van der Waals surface area contributed by atoms with Crippen molar-refractivity contribution in [2.45, 2.75) is 0 Å². The molecule has 0 saturated carbocycles. The summed E-state index contributed by atoms with van der Waals surface area (Å²) >= 11 is 5.81. The van der Waals surface area contributed by atoms with Crippen LogP contribution in [0, 0.1) is 0 Å². The number of nitrogens with two attached hydrogens (primary N) is 1. The molecule has 1 saturated heterocycles. The van der Waals surface area contributed by atoms with Crippen LogP contribution in [-0.2, 0) is 4.79 Å². The van der Waals surface area contributed by atoms with E-state index in [-0.39, 0.29) is 12.5 Å². The minimum atomic E-state index is 0.0297. The molecule has 1 amide bonds. The standard InChI is InChI=1S/C14H20ClN3O2/c15-12-1-3-13(4-2-12)20-10-9-17-5-7-18(8-6-17)14(19)11-16/h1-4H,5-11,16H2. The third-order valence-corrected chi connectivity index (χ3v) is 3.64. The number of benzene rings is 1. The van der Waals surface area contributed by atoms with E-state index in [0.29, 0.717) is 11.6 Å². The SMILES string of the molecule is NCC(=O)N1CCN(CCOc2ccc(Cl)cc2)CC1. The maximum Gasteiger partial charge on any atom is 0.236 e. The molecule has 1 aromatic carbocycles. The van der Waals surface area contributed by atoms with Crippen LogP contribution in [0.2, 0.25) is 5.02 Å². The van der Waals surface area contributed by atoms with Gasteiger partial charge in [0.05, 0.1) is 6.54 Å². The molecule has 0 radical (unpaired) electrons. The van der Waals surface area contributed by atoms with E-state index < -0.39 is 0 Å². The maximum atomic E-state index is 11.4. The summed E-state index contributed by atoms with van der Waals surface area (Å²) in [5.41, 5.74) is 5.36. The molecule has 2 rings (SSSR count). The average Bonchev–Trinajstić information content (AvgIpc) is 2.49. The van der Waals surface area contributed by atoms with Crippen LogP contribution in [0.5, 0.6) is 5.75 Å². The molecule has 1 heterocycles. The van der Waals surface area contributed by atoms with Gasteiger partial charge in [-0.1, -0.05) is 11.6 Å². The van der Waals surface area contributed by atoms with Crippen LogP contribution in [0.25, 0.3) is 0 Å². The largest absolute Gasteiger partial charge is 0.492 e. The third-order valence-electron chi connectivity index (χ3n) is 3.39. The summed E-state index contributed by atoms with van der Waals surface area (Å²) in [4.78, 5) is 15.6. The summed E-state index contributed by atoms with van der Waals surface area (Å²) in [7, 11) is 0. The Morgan fingerprint density at radius 1 is 1.20 bits per heavy atom. The number of carbonyl (C=O) groups excluding carboxylic acids is 1. The maximum absolute atomic E-state index is 11.4. The molecule has 0 aromatic heterocycles. The lowest BCUT2D eigenvalue weighted by Crippen LogP contribution is -2.50. The number of rotatable bonds is 5. The van der Waals surface area contributed by atoms with E-state index in [2.05, 4.69) is 4.90 Å². The Balaban J connectivity index is 1.66. The van der Waals surface area contributed by atoms with Crippen molar-refractivity contribution in [1.29, 1.82) is 0 Å². The first-order valence-electron chi connectivity index (χ1n) is 6.77. The number of nitrogens with zero attached hydrogens (tertiary/aromatic N) is 2. The van der Waals surface area contributed by atoms with Crippen molar-refractivity contribution < 1.29 is 9.53 Å². The first-order valence-corrected chi connectivity index (χ1v) is 7.15. The second-order valence-corrected chi connectivity index (χ2v) is 5.17. The van der Waals surface area contributed by atoms with Gasteiger partial charge < -0.3 is 15.4 Å². The van der Waals surface area contributed by atoms with Crippen molar-refractivity contribution in [3.05, 3.63) is 29.3 Å². The highest BCUT2D eigenvalue weighted by Crippen LogP contribution is 2.15. The van der Waals surface area contributed by atoms with E-state index >= 15 is 0 Å². The molecule has 0 atom stereocenters. The smallest absolute Gasteiger partial charge is 0.236 e. The average molecular weight is 298 g/mol. The van der Waals surface area contributed by atoms with E-state index in [1.807, 2.05) is 29.2 Å². The van der Waals surface area contributed by atoms with Gasteiger partial charge in [0.25, 0.3) is 0 Å². The predicted molar refractivity (Wildman–Crippen MR) is 79.0 cm³/mol. The fourth-order valence-corrected chi connectivity index (χ4v) is 2.30. The van der Waals surface area contributed by atoms with Gasteiger partial charge in [0.1, 0.15) is 12.4 Å². The molecule has 1 aliphatic heterocycles. The molecule has 0 bridgehead atoms. The van der Waals surface area contributed by atoms with Crippen molar-refractivity contribution in [2.24, 2.45) is 5.73 Å². The van der Waals surface area contributed by atoms with Gasteiger partial charge in [-0.3, -0.25) is 9.69 Å². The van der Waals surface area contributed by atoms with E-state index in [1.165, 1.54) is 0 Å². The summed E-state index contributed by atoms with van der Waals surface area (Å²) in [5, 5.41) is 0.707. The Hall–Kier alpha value is -1.30. The normalized spacial score (nSPS) is 16.2. The lowest BCUT2D eigenvalue weighted by Gasteiger charge is -2.34. The van der Waals surface area contributed by atoms with Gasteiger partial charge in [-0.2, -0.15) is 0 Å². The summed E-state index contributed by atoms with van der Waals surface area (Å²) in [6.07, 6.45) is 0. The van der Waals surface area contributed by atoms with Gasteiger partial charge in [-0.05, 0) is 24.3 Å². The summed E-state index contributed by atoms with van der Waals surface area (Å²) in [6.45, 7) is 4.82. The Labute approximate surface area is 124 Å². The van der Waals surface area contributed by atoms with Gasteiger partial charge in [0.15, 0.2) is 0 Å². The Morgan fingerprint density at radius 2 is 1.85 bits per heavy atom. The number of amides is 1. The molecular formula is C14H20ClN3O2. The molecule has 0 unspecified atom stereocenters. The molecule has 110 valence electrons. The van der Waals surface area contributed by atoms with E-state index in [0.717, 1.165) is 38.5 Å². The molecule has 1 aliphatic rings. The van der Waals surface area contributed by atoms with E-state index in [4.69, 9.17) is 22.1 Å². The summed E-state index contributed by atoms with van der Waals surface area (Å²) in [6, 6.07) is 7.35.